The van der Waals surface area contributed by atoms with E-state index in [0.29, 0.717) is 30.3 Å². The lowest BCUT2D eigenvalue weighted by molar-refractivity contribution is -0.118. The number of nitrogens with zero attached hydrogens (tertiary/aromatic N) is 1. The monoisotopic (exact) mass is 432 g/mol. The van der Waals surface area contributed by atoms with Crippen molar-refractivity contribution in [2.45, 2.75) is 37.5 Å². The number of sulfonamides is 1. The van der Waals surface area contributed by atoms with Gasteiger partial charge < -0.3 is 14.8 Å². The fourth-order valence-corrected chi connectivity index (χ4v) is 4.89. The van der Waals surface area contributed by atoms with Crippen molar-refractivity contribution in [3.8, 4) is 11.5 Å². The van der Waals surface area contributed by atoms with Crippen molar-refractivity contribution >= 4 is 21.6 Å². The number of carbonyl (C=O) groups is 1. The standard InChI is InChI=1S/C22H28N2O5S/c1-17-7-12-20(21(15-17)28-2)29-16-22(25)23-18-8-10-19(11-9-18)30(26,27)24-13-5-3-4-6-14-24/h7-12,15H,3-6,13-14,16H2,1-2H3,(H,23,25). The molecule has 7 nitrogen and oxygen atoms in total. The molecule has 0 atom stereocenters. The maximum absolute atomic E-state index is 12.8. The Morgan fingerprint density at radius 1 is 1.00 bits per heavy atom. The van der Waals surface area contributed by atoms with E-state index in [1.165, 1.54) is 12.1 Å². The van der Waals surface area contributed by atoms with Gasteiger partial charge in [-0.2, -0.15) is 4.31 Å². The first-order valence-electron chi connectivity index (χ1n) is 10.1. The minimum Gasteiger partial charge on any atom is -0.493 e. The quantitative estimate of drug-likeness (QED) is 0.723. The van der Waals surface area contributed by atoms with Crippen LogP contribution in [0.2, 0.25) is 0 Å². The Labute approximate surface area is 178 Å². The fraction of sp³-hybridized carbons (Fsp3) is 0.409. The lowest BCUT2D eigenvalue weighted by Gasteiger charge is -2.20. The summed E-state index contributed by atoms with van der Waals surface area (Å²) >= 11 is 0. The van der Waals surface area contributed by atoms with Crippen LogP contribution in [-0.4, -0.2) is 45.4 Å². The maximum Gasteiger partial charge on any atom is 0.262 e. The van der Waals surface area contributed by atoms with Gasteiger partial charge in [-0.15, -0.1) is 0 Å². The Morgan fingerprint density at radius 3 is 2.30 bits per heavy atom. The van der Waals surface area contributed by atoms with Crippen molar-refractivity contribution in [2.75, 3.05) is 32.1 Å². The second kappa shape index (κ2) is 9.95. The van der Waals surface area contributed by atoms with E-state index < -0.39 is 10.0 Å². The number of hydrogen-bond donors (Lipinski definition) is 1. The van der Waals surface area contributed by atoms with Crippen molar-refractivity contribution in [1.29, 1.82) is 0 Å². The van der Waals surface area contributed by atoms with Crippen LogP contribution in [0.4, 0.5) is 5.69 Å². The van der Waals surface area contributed by atoms with E-state index in [9.17, 15) is 13.2 Å². The van der Waals surface area contributed by atoms with Crippen molar-refractivity contribution in [3.05, 3.63) is 48.0 Å². The van der Waals surface area contributed by atoms with Crippen LogP contribution in [0, 0.1) is 6.92 Å². The number of hydrogen-bond acceptors (Lipinski definition) is 5. The average Bonchev–Trinajstić information content (AvgIpc) is 3.03. The first-order valence-corrected chi connectivity index (χ1v) is 11.5. The van der Waals surface area contributed by atoms with Crippen LogP contribution in [0.1, 0.15) is 31.2 Å². The summed E-state index contributed by atoms with van der Waals surface area (Å²) in [6.45, 7) is 2.87. The highest BCUT2D eigenvalue weighted by Crippen LogP contribution is 2.27. The number of carbonyl (C=O) groups excluding carboxylic acids is 1. The van der Waals surface area contributed by atoms with Crippen LogP contribution >= 0.6 is 0 Å². The molecule has 1 fully saturated rings. The van der Waals surface area contributed by atoms with Gasteiger partial charge in [-0.1, -0.05) is 18.9 Å². The summed E-state index contributed by atoms with van der Waals surface area (Å²) in [7, 11) is -1.96. The molecule has 0 radical (unpaired) electrons. The molecule has 1 heterocycles. The van der Waals surface area contributed by atoms with Gasteiger partial charge in [0.25, 0.3) is 5.91 Å². The SMILES string of the molecule is COc1cc(C)ccc1OCC(=O)Nc1ccc(S(=O)(=O)N2CCCCCC2)cc1. The molecule has 0 aromatic heterocycles. The van der Waals surface area contributed by atoms with Gasteiger partial charge in [0.15, 0.2) is 18.1 Å². The van der Waals surface area contributed by atoms with Crippen molar-refractivity contribution in [3.63, 3.8) is 0 Å². The predicted molar refractivity (Wildman–Crippen MR) is 116 cm³/mol. The molecule has 0 aliphatic carbocycles. The van der Waals surface area contributed by atoms with E-state index in [1.807, 2.05) is 19.1 Å². The van der Waals surface area contributed by atoms with E-state index in [1.54, 1.807) is 29.6 Å². The summed E-state index contributed by atoms with van der Waals surface area (Å²) < 4.78 is 38.0. The van der Waals surface area contributed by atoms with E-state index in [0.717, 1.165) is 31.2 Å². The second-order valence-corrected chi connectivity index (χ2v) is 9.27. The Hall–Kier alpha value is -2.58. The third-order valence-electron chi connectivity index (χ3n) is 5.02. The fourth-order valence-electron chi connectivity index (χ4n) is 3.38. The van der Waals surface area contributed by atoms with Crippen LogP contribution in [0.3, 0.4) is 0 Å². The Morgan fingerprint density at radius 2 is 1.67 bits per heavy atom. The lowest BCUT2D eigenvalue weighted by Crippen LogP contribution is -2.31. The number of rotatable bonds is 7. The van der Waals surface area contributed by atoms with Crippen molar-refractivity contribution in [1.82, 2.24) is 4.31 Å². The molecule has 0 saturated carbocycles. The minimum atomic E-state index is -3.51. The normalized spacial score (nSPS) is 15.3. The minimum absolute atomic E-state index is 0.187. The average molecular weight is 433 g/mol. The van der Waals surface area contributed by atoms with Gasteiger partial charge in [-0.25, -0.2) is 8.42 Å². The first kappa shape index (κ1) is 22.1. The summed E-state index contributed by atoms with van der Waals surface area (Å²) in [6.07, 6.45) is 3.90. The highest BCUT2D eigenvalue weighted by atomic mass is 32.2. The molecule has 1 aliphatic heterocycles. The van der Waals surface area contributed by atoms with Gasteiger partial charge in [-0.3, -0.25) is 4.79 Å². The van der Waals surface area contributed by atoms with Gasteiger partial charge in [-0.05, 0) is 61.7 Å². The number of anilines is 1. The third-order valence-corrected chi connectivity index (χ3v) is 6.93. The zero-order valence-corrected chi connectivity index (χ0v) is 18.2. The van der Waals surface area contributed by atoms with E-state index in [2.05, 4.69) is 5.32 Å². The third kappa shape index (κ3) is 5.52. The number of aryl methyl sites for hydroxylation is 1. The lowest BCUT2D eigenvalue weighted by atomic mass is 10.2. The van der Waals surface area contributed by atoms with E-state index in [-0.39, 0.29) is 17.4 Å². The Balaban J connectivity index is 1.59. The Kier molecular flexibility index (Phi) is 7.33. The number of benzene rings is 2. The van der Waals surface area contributed by atoms with Gasteiger partial charge in [0.2, 0.25) is 10.0 Å². The van der Waals surface area contributed by atoms with Gasteiger partial charge in [0.1, 0.15) is 0 Å². The molecule has 1 saturated heterocycles. The number of ether oxygens (including phenoxy) is 2. The zero-order valence-electron chi connectivity index (χ0n) is 17.4. The van der Waals surface area contributed by atoms with Crippen molar-refractivity contribution < 1.29 is 22.7 Å². The summed E-state index contributed by atoms with van der Waals surface area (Å²) in [5.41, 5.74) is 1.54. The number of nitrogens with one attached hydrogen (secondary N) is 1. The molecule has 1 amide bonds. The molecule has 0 bridgehead atoms. The summed E-state index contributed by atoms with van der Waals surface area (Å²) in [5, 5.41) is 2.72. The summed E-state index contributed by atoms with van der Waals surface area (Å²) in [4.78, 5) is 12.5. The van der Waals surface area contributed by atoms with Gasteiger partial charge in [0.05, 0.1) is 12.0 Å². The van der Waals surface area contributed by atoms with Crippen LogP contribution < -0.4 is 14.8 Å². The predicted octanol–water partition coefficient (Wildman–Crippen LogP) is 3.59. The maximum atomic E-state index is 12.8. The zero-order chi connectivity index (χ0) is 21.6. The largest absolute Gasteiger partial charge is 0.493 e. The van der Waals surface area contributed by atoms with Crippen LogP contribution in [0.15, 0.2) is 47.4 Å². The highest BCUT2D eigenvalue weighted by molar-refractivity contribution is 7.89. The van der Waals surface area contributed by atoms with E-state index in [4.69, 9.17) is 9.47 Å². The molecule has 0 unspecified atom stereocenters. The van der Waals surface area contributed by atoms with E-state index >= 15 is 0 Å². The van der Waals surface area contributed by atoms with Crippen molar-refractivity contribution in [2.24, 2.45) is 0 Å². The topological polar surface area (TPSA) is 84.9 Å². The summed E-state index contributed by atoms with van der Waals surface area (Å²) in [5.74, 6) is 0.698. The first-order chi connectivity index (χ1) is 14.4. The second-order valence-electron chi connectivity index (χ2n) is 7.33. The molecule has 1 aliphatic rings. The van der Waals surface area contributed by atoms with Crippen LogP contribution in [-0.2, 0) is 14.8 Å². The molecule has 8 heteroatoms. The highest BCUT2D eigenvalue weighted by Gasteiger charge is 2.25. The molecule has 162 valence electrons. The molecule has 30 heavy (non-hydrogen) atoms. The Bertz CT molecular complexity index is 966. The molecular weight excluding hydrogens is 404 g/mol. The molecule has 2 aromatic carbocycles. The molecular formula is C22H28N2O5S. The molecule has 2 aromatic rings. The summed E-state index contributed by atoms with van der Waals surface area (Å²) in [6, 6.07) is 11.7. The molecule has 0 spiro atoms. The molecule has 3 rings (SSSR count). The van der Waals surface area contributed by atoms with Crippen LogP contribution in [0.5, 0.6) is 11.5 Å². The van der Waals surface area contributed by atoms with Gasteiger partial charge >= 0.3 is 0 Å². The molecule has 1 N–H and O–H groups in total. The smallest absolute Gasteiger partial charge is 0.262 e. The van der Waals surface area contributed by atoms with Gasteiger partial charge in [0, 0.05) is 18.8 Å². The number of amides is 1. The number of methoxy groups -OCH3 is 1. The van der Waals surface area contributed by atoms with Crippen LogP contribution in [0.25, 0.3) is 0 Å².